The summed E-state index contributed by atoms with van der Waals surface area (Å²) < 4.78 is 5.23. The van der Waals surface area contributed by atoms with E-state index in [-0.39, 0.29) is 12.2 Å². The number of likely N-dealkylation sites (tertiary alicyclic amines) is 1. The Morgan fingerprint density at radius 1 is 1.28 bits per heavy atom. The van der Waals surface area contributed by atoms with Crippen LogP contribution in [0.15, 0.2) is 23.3 Å². The van der Waals surface area contributed by atoms with E-state index in [9.17, 15) is 5.11 Å². The number of methoxy groups -OCH3 is 1. The van der Waals surface area contributed by atoms with Gasteiger partial charge >= 0.3 is 0 Å². The van der Waals surface area contributed by atoms with Crippen LogP contribution in [-0.4, -0.2) is 49.0 Å². The molecule has 104 valence electrons. The number of aliphatic hydroxyl groups excluding tert-OH is 1. The van der Waals surface area contributed by atoms with Gasteiger partial charge in [0.2, 0.25) is 0 Å². The van der Waals surface area contributed by atoms with Crippen molar-refractivity contribution in [2.24, 2.45) is 0 Å². The van der Waals surface area contributed by atoms with Gasteiger partial charge in [0, 0.05) is 26.7 Å². The molecule has 0 saturated carbocycles. The van der Waals surface area contributed by atoms with Gasteiger partial charge in [-0.25, -0.2) is 0 Å². The van der Waals surface area contributed by atoms with Crippen LogP contribution in [0, 0.1) is 0 Å². The fourth-order valence-corrected chi connectivity index (χ4v) is 2.19. The van der Waals surface area contributed by atoms with Crippen molar-refractivity contribution in [2.45, 2.75) is 45.8 Å². The molecular weight excluding hydrogens is 226 g/mol. The van der Waals surface area contributed by atoms with Gasteiger partial charge in [-0.3, -0.25) is 4.90 Å². The topological polar surface area (TPSA) is 32.7 Å². The molecule has 3 heteroatoms. The van der Waals surface area contributed by atoms with Crippen molar-refractivity contribution in [3.8, 4) is 0 Å². The quantitative estimate of drug-likeness (QED) is 0.738. The standard InChI is InChI=1S/C15H27NO2/c1-12(2)6-5-7-13(3)8-9-16-10-14(17)15(11-16)18-4/h6,8,14-15,17H,5,7,9-11H2,1-4H3/t14-,15-/m0/s1. The fourth-order valence-electron chi connectivity index (χ4n) is 2.19. The molecule has 18 heavy (non-hydrogen) atoms. The van der Waals surface area contributed by atoms with E-state index in [1.807, 2.05) is 0 Å². The number of β-amino-alcohol motifs (C(OH)–C–C–N with tert-alkyl or cyclic N) is 1. The normalized spacial score (nSPS) is 25.5. The predicted octanol–water partition coefficient (Wildman–Crippen LogP) is 2.37. The van der Waals surface area contributed by atoms with E-state index in [4.69, 9.17) is 4.74 Å². The van der Waals surface area contributed by atoms with E-state index < -0.39 is 0 Å². The van der Waals surface area contributed by atoms with Crippen molar-refractivity contribution in [3.63, 3.8) is 0 Å². The first-order valence-electron chi connectivity index (χ1n) is 6.75. The Balaban J connectivity index is 2.29. The van der Waals surface area contributed by atoms with Crippen molar-refractivity contribution < 1.29 is 9.84 Å². The average Bonchev–Trinajstić information content (AvgIpc) is 2.66. The summed E-state index contributed by atoms with van der Waals surface area (Å²) in [4.78, 5) is 2.24. The highest BCUT2D eigenvalue weighted by Gasteiger charge is 2.30. The second-order valence-corrected chi connectivity index (χ2v) is 5.43. The first-order chi connectivity index (χ1) is 8.52. The van der Waals surface area contributed by atoms with Gasteiger partial charge in [0.25, 0.3) is 0 Å². The zero-order valence-corrected chi connectivity index (χ0v) is 12.1. The Kier molecular flexibility index (Phi) is 6.61. The molecular formula is C15H27NO2. The minimum Gasteiger partial charge on any atom is -0.389 e. The molecule has 1 rings (SSSR count). The summed E-state index contributed by atoms with van der Waals surface area (Å²) in [6.07, 6.45) is 6.42. The maximum absolute atomic E-state index is 9.73. The Labute approximate surface area is 111 Å². The van der Waals surface area contributed by atoms with Crippen LogP contribution < -0.4 is 0 Å². The molecule has 0 spiro atoms. The molecule has 0 aromatic heterocycles. The van der Waals surface area contributed by atoms with Gasteiger partial charge in [-0.15, -0.1) is 0 Å². The zero-order chi connectivity index (χ0) is 13.5. The van der Waals surface area contributed by atoms with Gasteiger partial charge in [-0.05, 0) is 33.6 Å². The number of nitrogens with zero attached hydrogens (tertiary/aromatic N) is 1. The van der Waals surface area contributed by atoms with Gasteiger partial charge in [0.15, 0.2) is 0 Å². The Hall–Kier alpha value is -0.640. The van der Waals surface area contributed by atoms with Crippen LogP contribution in [0.5, 0.6) is 0 Å². The molecule has 1 fully saturated rings. The van der Waals surface area contributed by atoms with E-state index in [0.29, 0.717) is 0 Å². The lowest BCUT2D eigenvalue weighted by molar-refractivity contribution is 0.0215. The van der Waals surface area contributed by atoms with Crippen molar-refractivity contribution in [1.82, 2.24) is 4.90 Å². The molecule has 1 aliphatic heterocycles. The van der Waals surface area contributed by atoms with E-state index in [1.54, 1.807) is 7.11 Å². The molecule has 1 heterocycles. The lowest BCUT2D eigenvalue weighted by atomic mass is 10.1. The molecule has 0 bridgehead atoms. The summed E-state index contributed by atoms with van der Waals surface area (Å²) in [6.45, 7) is 8.91. The summed E-state index contributed by atoms with van der Waals surface area (Å²) in [5, 5.41) is 9.73. The highest BCUT2D eigenvalue weighted by atomic mass is 16.5. The highest BCUT2D eigenvalue weighted by molar-refractivity contribution is 5.04. The van der Waals surface area contributed by atoms with Crippen molar-refractivity contribution in [2.75, 3.05) is 26.7 Å². The molecule has 0 aliphatic carbocycles. The number of aliphatic hydroxyl groups is 1. The number of allylic oxidation sites excluding steroid dienone is 3. The molecule has 1 N–H and O–H groups in total. The third-order valence-electron chi connectivity index (χ3n) is 3.40. The number of hydrogen-bond donors (Lipinski definition) is 1. The Bertz CT molecular complexity index is 306. The van der Waals surface area contributed by atoms with Crippen molar-refractivity contribution in [1.29, 1.82) is 0 Å². The lowest BCUT2D eigenvalue weighted by Crippen LogP contribution is -2.25. The molecule has 0 aromatic carbocycles. The third kappa shape index (κ3) is 5.34. The highest BCUT2D eigenvalue weighted by Crippen LogP contribution is 2.13. The second kappa shape index (κ2) is 7.72. The maximum Gasteiger partial charge on any atom is 0.0969 e. The van der Waals surface area contributed by atoms with Gasteiger partial charge in [-0.1, -0.05) is 23.3 Å². The van der Waals surface area contributed by atoms with Gasteiger partial charge in [0.05, 0.1) is 12.2 Å². The maximum atomic E-state index is 9.73. The molecule has 1 saturated heterocycles. The average molecular weight is 253 g/mol. The van der Waals surface area contributed by atoms with Crippen LogP contribution in [0.1, 0.15) is 33.6 Å². The SMILES string of the molecule is CO[C@H]1CN(CC=C(C)CCC=C(C)C)C[C@@H]1O. The lowest BCUT2D eigenvalue weighted by Gasteiger charge is -2.12. The third-order valence-corrected chi connectivity index (χ3v) is 3.40. The van der Waals surface area contributed by atoms with E-state index in [0.717, 1.165) is 32.5 Å². The van der Waals surface area contributed by atoms with Crippen LogP contribution in [0.2, 0.25) is 0 Å². The van der Waals surface area contributed by atoms with Gasteiger partial charge in [-0.2, -0.15) is 0 Å². The van der Waals surface area contributed by atoms with E-state index in [1.165, 1.54) is 11.1 Å². The Morgan fingerprint density at radius 2 is 2.00 bits per heavy atom. The van der Waals surface area contributed by atoms with Crippen molar-refractivity contribution >= 4 is 0 Å². The van der Waals surface area contributed by atoms with Gasteiger partial charge < -0.3 is 9.84 Å². The van der Waals surface area contributed by atoms with Crippen molar-refractivity contribution in [3.05, 3.63) is 23.3 Å². The minimum absolute atomic E-state index is 0.0237. The predicted molar refractivity (Wildman–Crippen MR) is 75.7 cm³/mol. The number of rotatable bonds is 6. The fraction of sp³-hybridized carbons (Fsp3) is 0.733. The summed E-state index contributed by atoms with van der Waals surface area (Å²) in [5.74, 6) is 0. The molecule has 2 atom stereocenters. The van der Waals surface area contributed by atoms with Gasteiger partial charge in [0.1, 0.15) is 0 Å². The monoisotopic (exact) mass is 253 g/mol. The van der Waals surface area contributed by atoms with E-state index in [2.05, 4.69) is 37.8 Å². The second-order valence-electron chi connectivity index (χ2n) is 5.43. The summed E-state index contributed by atoms with van der Waals surface area (Å²) >= 11 is 0. The van der Waals surface area contributed by atoms with Crippen LogP contribution in [-0.2, 0) is 4.74 Å². The number of ether oxygens (including phenoxy) is 1. The zero-order valence-electron chi connectivity index (χ0n) is 12.1. The molecule has 0 unspecified atom stereocenters. The smallest absolute Gasteiger partial charge is 0.0969 e. The van der Waals surface area contributed by atoms with Crippen LogP contribution >= 0.6 is 0 Å². The summed E-state index contributed by atoms with van der Waals surface area (Å²) in [5.41, 5.74) is 2.80. The Morgan fingerprint density at radius 3 is 2.56 bits per heavy atom. The first kappa shape index (κ1) is 15.4. The van der Waals surface area contributed by atoms with E-state index >= 15 is 0 Å². The van der Waals surface area contributed by atoms with Crippen LogP contribution in [0.25, 0.3) is 0 Å². The molecule has 0 radical (unpaired) electrons. The first-order valence-corrected chi connectivity index (χ1v) is 6.75. The molecule has 0 amide bonds. The molecule has 0 aromatic rings. The minimum atomic E-state index is -0.339. The van der Waals surface area contributed by atoms with Crippen LogP contribution in [0.3, 0.4) is 0 Å². The molecule has 1 aliphatic rings. The molecule has 3 nitrogen and oxygen atoms in total. The summed E-state index contributed by atoms with van der Waals surface area (Å²) in [7, 11) is 1.66. The summed E-state index contributed by atoms with van der Waals surface area (Å²) in [6, 6.07) is 0. The number of hydrogen-bond acceptors (Lipinski definition) is 3. The van der Waals surface area contributed by atoms with Crippen LogP contribution in [0.4, 0.5) is 0 Å². The largest absolute Gasteiger partial charge is 0.389 e.